The van der Waals surface area contributed by atoms with Gasteiger partial charge < -0.3 is 10.2 Å². The second-order valence-corrected chi connectivity index (χ2v) is 5.40. The minimum atomic E-state index is -0.395. The number of amides is 2. The van der Waals surface area contributed by atoms with Crippen molar-refractivity contribution in [2.24, 2.45) is 5.92 Å². The molecule has 3 rings (SSSR count). The van der Waals surface area contributed by atoms with Crippen LogP contribution in [0, 0.1) is 5.92 Å². The predicted molar refractivity (Wildman–Crippen MR) is 82.9 cm³/mol. The first-order valence-electron chi connectivity index (χ1n) is 7.18. The highest BCUT2D eigenvalue weighted by molar-refractivity contribution is 5.97. The Bertz CT molecular complexity index is 673. The summed E-state index contributed by atoms with van der Waals surface area (Å²) in [5, 5.41) is 2.87. The Kier molecular flexibility index (Phi) is 3.87. The maximum atomic E-state index is 12.6. The van der Waals surface area contributed by atoms with E-state index in [2.05, 4.69) is 10.3 Å². The Hall–Kier alpha value is -2.69. The number of carbonyl (C=O) groups excluding carboxylic acids is 2. The summed E-state index contributed by atoms with van der Waals surface area (Å²) in [4.78, 5) is 30.2. The number of rotatable bonds is 3. The highest BCUT2D eigenvalue weighted by Crippen LogP contribution is 2.37. The van der Waals surface area contributed by atoms with Crippen LogP contribution in [0.1, 0.15) is 18.0 Å². The quantitative estimate of drug-likeness (QED) is 0.944. The number of aromatic nitrogens is 1. The average molecular weight is 295 g/mol. The van der Waals surface area contributed by atoms with E-state index >= 15 is 0 Å². The van der Waals surface area contributed by atoms with E-state index in [1.807, 2.05) is 30.3 Å². The van der Waals surface area contributed by atoms with Crippen LogP contribution in [-0.4, -0.2) is 28.7 Å². The summed E-state index contributed by atoms with van der Waals surface area (Å²) in [6.45, 7) is 0. The van der Waals surface area contributed by atoms with Crippen molar-refractivity contribution in [2.75, 3.05) is 12.4 Å². The lowest BCUT2D eigenvalue weighted by molar-refractivity contribution is -0.127. The Morgan fingerprint density at radius 3 is 2.55 bits per heavy atom. The molecule has 2 heterocycles. The fraction of sp³-hybridized carbons (Fsp3) is 0.235. The van der Waals surface area contributed by atoms with Crippen LogP contribution in [-0.2, 0) is 9.59 Å². The lowest BCUT2D eigenvalue weighted by atomic mass is 9.93. The van der Waals surface area contributed by atoms with Crippen LogP contribution in [0.15, 0.2) is 54.9 Å². The Balaban J connectivity index is 1.84. The molecule has 1 saturated heterocycles. The molecule has 1 aromatic carbocycles. The Morgan fingerprint density at radius 2 is 1.86 bits per heavy atom. The Morgan fingerprint density at radius 1 is 1.18 bits per heavy atom. The van der Waals surface area contributed by atoms with Crippen LogP contribution in [0.5, 0.6) is 0 Å². The molecule has 0 saturated carbocycles. The first-order chi connectivity index (χ1) is 10.7. The van der Waals surface area contributed by atoms with E-state index in [4.69, 9.17) is 0 Å². The van der Waals surface area contributed by atoms with Crippen LogP contribution in [0.3, 0.4) is 0 Å². The van der Waals surface area contributed by atoms with Crippen LogP contribution in [0.4, 0.5) is 5.69 Å². The van der Waals surface area contributed by atoms with Crippen molar-refractivity contribution in [3.63, 3.8) is 0 Å². The predicted octanol–water partition coefficient (Wildman–Crippen LogP) is 2.24. The topological polar surface area (TPSA) is 62.3 Å². The standard InChI is InChI=1S/C17H17N3O2/c1-20-15(21)11-14(16(20)12-5-3-2-4-6-12)17(22)19-13-7-9-18-10-8-13/h2-10,14,16H,11H2,1H3,(H,18,19,22)/t14-,16+/m0/s1. The molecule has 1 aliphatic heterocycles. The maximum absolute atomic E-state index is 12.6. The van der Waals surface area contributed by atoms with Gasteiger partial charge in [0.1, 0.15) is 0 Å². The van der Waals surface area contributed by atoms with E-state index in [1.165, 1.54) is 0 Å². The van der Waals surface area contributed by atoms with Crippen LogP contribution in [0.2, 0.25) is 0 Å². The first kappa shape index (κ1) is 14.3. The molecular weight excluding hydrogens is 278 g/mol. The molecule has 5 nitrogen and oxygen atoms in total. The van der Waals surface area contributed by atoms with Crippen LogP contribution in [0.25, 0.3) is 0 Å². The number of carbonyl (C=O) groups is 2. The molecule has 0 unspecified atom stereocenters. The number of anilines is 1. The zero-order valence-corrected chi connectivity index (χ0v) is 12.3. The van der Waals surface area contributed by atoms with Crippen molar-refractivity contribution in [3.8, 4) is 0 Å². The average Bonchev–Trinajstić information content (AvgIpc) is 2.85. The highest BCUT2D eigenvalue weighted by Gasteiger charge is 2.42. The summed E-state index contributed by atoms with van der Waals surface area (Å²) >= 11 is 0. The van der Waals surface area contributed by atoms with Crippen molar-refractivity contribution in [1.82, 2.24) is 9.88 Å². The third kappa shape index (κ3) is 2.70. The summed E-state index contributed by atoms with van der Waals surface area (Å²) in [5.41, 5.74) is 1.67. The Labute approximate surface area is 129 Å². The van der Waals surface area contributed by atoms with Crippen LogP contribution < -0.4 is 5.32 Å². The fourth-order valence-corrected chi connectivity index (χ4v) is 2.88. The largest absolute Gasteiger partial charge is 0.338 e. The molecule has 2 amide bonds. The SMILES string of the molecule is CN1C(=O)C[C@H](C(=O)Nc2ccncc2)[C@H]1c1ccccc1. The van der Waals surface area contributed by atoms with E-state index < -0.39 is 5.92 Å². The summed E-state index contributed by atoms with van der Waals surface area (Å²) in [5.74, 6) is -0.547. The van der Waals surface area contributed by atoms with Crippen molar-refractivity contribution in [2.45, 2.75) is 12.5 Å². The number of benzene rings is 1. The van der Waals surface area contributed by atoms with Crippen molar-refractivity contribution >= 4 is 17.5 Å². The molecule has 0 aliphatic carbocycles. The third-order valence-electron chi connectivity index (χ3n) is 4.01. The lowest BCUT2D eigenvalue weighted by Gasteiger charge is -2.24. The van der Waals surface area contributed by atoms with Crippen molar-refractivity contribution in [1.29, 1.82) is 0 Å². The van der Waals surface area contributed by atoms with Crippen LogP contribution >= 0.6 is 0 Å². The van der Waals surface area contributed by atoms with Gasteiger partial charge in [-0.1, -0.05) is 30.3 Å². The number of pyridine rings is 1. The van der Waals surface area contributed by atoms with E-state index in [0.29, 0.717) is 5.69 Å². The van der Waals surface area contributed by atoms with Gasteiger partial charge in [0, 0.05) is 31.5 Å². The molecule has 0 radical (unpaired) electrons. The monoisotopic (exact) mass is 295 g/mol. The van der Waals surface area contributed by atoms with Gasteiger partial charge in [0.2, 0.25) is 11.8 Å². The number of hydrogen-bond donors (Lipinski definition) is 1. The smallest absolute Gasteiger partial charge is 0.230 e. The summed E-state index contributed by atoms with van der Waals surface area (Å²) < 4.78 is 0. The highest BCUT2D eigenvalue weighted by atomic mass is 16.2. The minimum absolute atomic E-state index is 0.0104. The maximum Gasteiger partial charge on any atom is 0.230 e. The van der Waals surface area contributed by atoms with Gasteiger partial charge in [-0.05, 0) is 17.7 Å². The van der Waals surface area contributed by atoms with Gasteiger partial charge in [0.05, 0.1) is 12.0 Å². The molecular formula is C17H17N3O2. The van der Waals surface area contributed by atoms with Gasteiger partial charge in [-0.25, -0.2) is 0 Å². The van der Waals surface area contributed by atoms with Gasteiger partial charge in [-0.3, -0.25) is 14.6 Å². The van der Waals surface area contributed by atoms with E-state index in [9.17, 15) is 9.59 Å². The molecule has 1 aromatic heterocycles. The fourth-order valence-electron chi connectivity index (χ4n) is 2.88. The molecule has 112 valence electrons. The third-order valence-corrected chi connectivity index (χ3v) is 4.01. The number of nitrogens with zero attached hydrogens (tertiary/aromatic N) is 2. The second kappa shape index (κ2) is 5.97. The van der Waals surface area contributed by atoms with Crippen molar-refractivity contribution < 1.29 is 9.59 Å². The van der Waals surface area contributed by atoms with E-state index in [1.54, 1.807) is 36.5 Å². The van der Waals surface area contributed by atoms with E-state index in [-0.39, 0.29) is 24.3 Å². The summed E-state index contributed by atoms with van der Waals surface area (Å²) in [6.07, 6.45) is 3.47. The molecule has 1 N–H and O–H groups in total. The van der Waals surface area contributed by atoms with Crippen molar-refractivity contribution in [3.05, 3.63) is 60.4 Å². The molecule has 5 heteroatoms. The first-order valence-corrected chi connectivity index (χ1v) is 7.18. The molecule has 1 aliphatic rings. The number of hydrogen-bond acceptors (Lipinski definition) is 3. The lowest BCUT2D eigenvalue weighted by Crippen LogP contribution is -2.30. The minimum Gasteiger partial charge on any atom is -0.338 e. The van der Waals surface area contributed by atoms with Gasteiger partial charge >= 0.3 is 0 Å². The molecule has 22 heavy (non-hydrogen) atoms. The molecule has 0 bridgehead atoms. The molecule has 1 fully saturated rings. The molecule has 2 aromatic rings. The van der Waals surface area contributed by atoms with Gasteiger partial charge in [-0.2, -0.15) is 0 Å². The molecule has 2 atom stereocenters. The second-order valence-electron chi connectivity index (χ2n) is 5.40. The molecule has 0 spiro atoms. The summed E-state index contributed by atoms with van der Waals surface area (Å²) in [7, 11) is 1.75. The summed E-state index contributed by atoms with van der Waals surface area (Å²) in [6, 6.07) is 12.9. The normalized spacial score (nSPS) is 21.0. The number of likely N-dealkylation sites (tertiary alicyclic amines) is 1. The van der Waals surface area contributed by atoms with Gasteiger partial charge in [0.15, 0.2) is 0 Å². The zero-order valence-electron chi connectivity index (χ0n) is 12.3. The van der Waals surface area contributed by atoms with E-state index in [0.717, 1.165) is 5.56 Å². The van der Waals surface area contributed by atoms with Gasteiger partial charge in [0.25, 0.3) is 0 Å². The zero-order chi connectivity index (χ0) is 15.5. The number of nitrogens with one attached hydrogen (secondary N) is 1. The van der Waals surface area contributed by atoms with Gasteiger partial charge in [-0.15, -0.1) is 0 Å².